The largest absolute Gasteiger partial charge is 0.369 e. The van der Waals surface area contributed by atoms with Crippen LogP contribution in [-0.2, 0) is 6.54 Å². The van der Waals surface area contributed by atoms with Crippen LogP contribution in [0.2, 0.25) is 0 Å². The van der Waals surface area contributed by atoms with Gasteiger partial charge in [-0.1, -0.05) is 0 Å². The van der Waals surface area contributed by atoms with E-state index in [2.05, 4.69) is 34.1 Å². The Morgan fingerprint density at radius 3 is 2.45 bits per heavy atom. The topological polar surface area (TPSA) is 99.8 Å². The predicted octanol–water partition coefficient (Wildman–Crippen LogP) is 3.99. The summed E-state index contributed by atoms with van der Waals surface area (Å²) in [7, 11) is 4.24. The number of aryl methyl sites for hydroxylation is 2. The molecule has 0 atom stereocenters. The average molecular weight is 520 g/mol. The number of benzene rings is 2. The van der Waals surface area contributed by atoms with Crippen molar-refractivity contribution < 1.29 is 9.72 Å². The van der Waals surface area contributed by atoms with E-state index in [0.717, 1.165) is 74.5 Å². The van der Waals surface area contributed by atoms with Gasteiger partial charge in [-0.2, -0.15) is 5.10 Å². The second kappa shape index (κ2) is 11.1. The van der Waals surface area contributed by atoms with Gasteiger partial charge in [0.1, 0.15) is 5.56 Å². The maximum Gasteiger partial charge on any atom is 0.284 e. The first-order chi connectivity index (χ1) is 18.3. The number of nitro benzene ring substituents is 1. The molecule has 3 aromatic rings. The van der Waals surface area contributed by atoms with E-state index in [1.54, 1.807) is 12.1 Å². The summed E-state index contributed by atoms with van der Waals surface area (Å²) in [5.41, 5.74) is 3.16. The summed E-state index contributed by atoms with van der Waals surface area (Å²) in [5.74, 6) is 0.207. The van der Waals surface area contributed by atoms with Gasteiger partial charge >= 0.3 is 0 Å². The quantitative estimate of drug-likeness (QED) is 0.372. The second-order valence-electron chi connectivity index (χ2n) is 10.8. The molecular weight excluding hydrogens is 482 g/mol. The number of hydrogen-bond acceptors (Lipinski definition) is 7. The molecule has 1 N–H and O–H groups in total. The molecule has 0 saturated carbocycles. The van der Waals surface area contributed by atoms with Crippen molar-refractivity contribution in [2.75, 3.05) is 63.6 Å². The number of amides is 1. The molecule has 2 aliphatic heterocycles. The molecule has 2 saturated heterocycles. The molecule has 2 aliphatic rings. The maximum atomic E-state index is 13.2. The summed E-state index contributed by atoms with van der Waals surface area (Å²) in [6, 6.07) is 10.6. The zero-order chi connectivity index (χ0) is 26.8. The molecule has 0 unspecified atom stereocenters. The van der Waals surface area contributed by atoms with Crippen LogP contribution < -0.4 is 10.2 Å². The van der Waals surface area contributed by atoms with Crippen LogP contribution in [0.5, 0.6) is 0 Å². The van der Waals surface area contributed by atoms with Crippen LogP contribution >= 0.6 is 0 Å². The Bertz CT molecular complexity index is 1320. The van der Waals surface area contributed by atoms with Crippen molar-refractivity contribution in [2.24, 2.45) is 5.92 Å². The number of carbonyl (C=O) groups is 1. The standard InChI is InChI=1S/C28H37N7O3/c1-20-24-6-4-22(18-26(24)34(30-20)13-10-21-8-11-31(2)12-9-21)29-28(36)25-7-5-23(19-27(25)35(37)38)33-16-14-32(3)15-17-33/h4-7,18-19,21H,8-17H2,1-3H3,(H,29,36). The van der Waals surface area contributed by atoms with Crippen molar-refractivity contribution in [3.05, 3.63) is 57.8 Å². The third-order valence-corrected chi connectivity index (χ3v) is 8.07. The first kappa shape index (κ1) is 26.1. The lowest BCUT2D eigenvalue weighted by Crippen LogP contribution is -2.44. The molecule has 1 aromatic heterocycles. The predicted molar refractivity (Wildman–Crippen MR) is 150 cm³/mol. The Kier molecular flexibility index (Phi) is 7.62. The third kappa shape index (κ3) is 5.66. The number of likely N-dealkylation sites (N-methyl/N-ethyl adjacent to an activating group) is 1. The fraction of sp³-hybridized carbons (Fsp3) is 0.500. The number of nitrogens with zero attached hydrogens (tertiary/aromatic N) is 6. The van der Waals surface area contributed by atoms with Crippen molar-refractivity contribution in [3.8, 4) is 0 Å². The number of fused-ring (bicyclic) bond motifs is 1. The van der Waals surface area contributed by atoms with Crippen molar-refractivity contribution in [2.45, 2.75) is 32.7 Å². The molecule has 0 aliphatic carbocycles. The Hall–Kier alpha value is -3.50. The summed E-state index contributed by atoms with van der Waals surface area (Å²) in [6.45, 7) is 8.49. The summed E-state index contributed by atoms with van der Waals surface area (Å²) in [5, 5.41) is 20.6. The van der Waals surface area contributed by atoms with Gasteiger partial charge < -0.3 is 20.0 Å². The van der Waals surface area contributed by atoms with Crippen molar-refractivity contribution in [3.63, 3.8) is 0 Å². The van der Waals surface area contributed by atoms with Crippen molar-refractivity contribution in [1.29, 1.82) is 0 Å². The number of carbonyl (C=O) groups excluding carboxylic acids is 1. The third-order valence-electron chi connectivity index (χ3n) is 8.07. The van der Waals surface area contributed by atoms with Crippen LogP contribution in [0.1, 0.15) is 35.3 Å². The normalized spacial score (nSPS) is 17.7. The number of nitrogens with one attached hydrogen (secondary N) is 1. The van der Waals surface area contributed by atoms with Gasteiger partial charge in [-0.05, 0) is 89.6 Å². The Morgan fingerprint density at radius 1 is 1.03 bits per heavy atom. The van der Waals surface area contributed by atoms with Gasteiger partial charge in [-0.15, -0.1) is 0 Å². The Morgan fingerprint density at radius 2 is 1.74 bits per heavy atom. The van der Waals surface area contributed by atoms with E-state index in [1.165, 1.54) is 18.9 Å². The summed E-state index contributed by atoms with van der Waals surface area (Å²) in [4.78, 5) is 31.3. The highest BCUT2D eigenvalue weighted by atomic mass is 16.6. The molecule has 10 nitrogen and oxygen atoms in total. The molecular formula is C28H37N7O3. The highest BCUT2D eigenvalue weighted by Crippen LogP contribution is 2.29. The molecule has 10 heteroatoms. The number of nitro groups is 1. The van der Waals surface area contributed by atoms with Crippen LogP contribution in [0, 0.1) is 23.0 Å². The smallest absolute Gasteiger partial charge is 0.284 e. The first-order valence-electron chi connectivity index (χ1n) is 13.5. The molecule has 3 heterocycles. The zero-order valence-corrected chi connectivity index (χ0v) is 22.5. The van der Waals surface area contributed by atoms with Crippen molar-refractivity contribution >= 4 is 33.9 Å². The molecule has 38 heavy (non-hydrogen) atoms. The fourth-order valence-electron chi connectivity index (χ4n) is 5.57. The van der Waals surface area contributed by atoms with Crippen LogP contribution in [0.4, 0.5) is 17.1 Å². The molecule has 0 bridgehead atoms. The Balaban J connectivity index is 1.33. The SMILES string of the molecule is Cc1nn(CCC2CCN(C)CC2)c2cc(NC(=O)c3ccc(N4CCN(C)CC4)cc3[N+](=O)[O-])ccc12. The van der Waals surface area contributed by atoms with Crippen molar-refractivity contribution in [1.82, 2.24) is 19.6 Å². The minimum Gasteiger partial charge on any atom is -0.369 e. The lowest BCUT2D eigenvalue weighted by molar-refractivity contribution is -0.385. The maximum absolute atomic E-state index is 13.2. The summed E-state index contributed by atoms with van der Waals surface area (Å²) in [6.07, 6.45) is 3.50. The van der Waals surface area contributed by atoms with E-state index in [0.29, 0.717) is 11.6 Å². The minimum absolute atomic E-state index is 0.0555. The van der Waals surface area contributed by atoms with E-state index in [4.69, 9.17) is 5.10 Å². The van der Waals surface area contributed by atoms with Gasteiger partial charge in [0.25, 0.3) is 11.6 Å². The molecule has 1 amide bonds. The monoisotopic (exact) mass is 519 g/mol. The molecule has 0 spiro atoms. The summed E-state index contributed by atoms with van der Waals surface area (Å²) < 4.78 is 2.03. The minimum atomic E-state index is -0.491. The molecule has 2 fully saturated rings. The lowest BCUT2D eigenvalue weighted by Gasteiger charge is -2.34. The van der Waals surface area contributed by atoms with Crippen LogP contribution in [0.25, 0.3) is 10.9 Å². The van der Waals surface area contributed by atoms with E-state index in [9.17, 15) is 14.9 Å². The summed E-state index contributed by atoms with van der Waals surface area (Å²) >= 11 is 0. The van der Waals surface area contributed by atoms with Gasteiger partial charge in [-0.3, -0.25) is 19.6 Å². The van der Waals surface area contributed by atoms with E-state index < -0.39 is 10.8 Å². The van der Waals surface area contributed by atoms with Gasteiger partial charge in [0.05, 0.1) is 16.1 Å². The average Bonchev–Trinajstić information content (AvgIpc) is 3.23. The van der Waals surface area contributed by atoms with Crippen LogP contribution in [0.15, 0.2) is 36.4 Å². The van der Waals surface area contributed by atoms with E-state index in [1.807, 2.05) is 29.8 Å². The Labute approximate surface area is 223 Å². The van der Waals surface area contributed by atoms with Crippen LogP contribution in [0.3, 0.4) is 0 Å². The van der Waals surface area contributed by atoms with Crippen LogP contribution in [-0.4, -0.2) is 83.8 Å². The number of piperazine rings is 1. The molecule has 0 radical (unpaired) electrons. The number of piperidine rings is 1. The number of hydrogen-bond donors (Lipinski definition) is 1. The van der Waals surface area contributed by atoms with Gasteiger partial charge in [0, 0.05) is 55.6 Å². The number of likely N-dealkylation sites (tertiary alicyclic amines) is 1. The number of rotatable bonds is 7. The number of aromatic nitrogens is 2. The van der Waals surface area contributed by atoms with Gasteiger partial charge in [0.15, 0.2) is 0 Å². The molecule has 2 aromatic carbocycles. The second-order valence-corrected chi connectivity index (χ2v) is 10.8. The van der Waals surface area contributed by atoms with Gasteiger partial charge in [-0.25, -0.2) is 0 Å². The molecule has 202 valence electrons. The van der Waals surface area contributed by atoms with Gasteiger partial charge in [0.2, 0.25) is 0 Å². The molecule has 5 rings (SSSR count). The van der Waals surface area contributed by atoms with E-state index in [-0.39, 0.29) is 11.3 Å². The lowest BCUT2D eigenvalue weighted by atomic mass is 9.94. The zero-order valence-electron chi connectivity index (χ0n) is 22.5. The first-order valence-corrected chi connectivity index (χ1v) is 13.5. The number of anilines is 2. The fourth-order valence-corrected chi connectivity index (χ4v) is 5.57. The highest BCUT2D eigenvalue weighted by Gasteiger charge is 2.24. The highest BCUT2D eigenvalue weighted by molar-refractivity contribution is 6.08. The van der Waals surface area contributed by atoms with E-state index >= 15 is 0 Å².